The van der Waals surface area contributed by atoms with Crippen molar-refractivity contribution in [2.24, 2.45) is 22.7 Å². The molecule has 0 aromatic carbocycles. The number of aliphatic hydroxyl groups excluding tert-OH is 2. The van der Waals surface area contributed by atoms with Crippen molar-refractivity contribution in [2.45, 2.75) is 63.3 Å². The van der Waals surface area contributed by atoms with Gasteiger partial charge in [0.15, 0.2) is 18.0 Å². The van der Waals surface area contributed by atoms with Gasteiger partial charge in [0.05, 0.1) is 6.10 Å². The molecule has 7 nitrogen and oxygen atoms in total. The number of rotatable bonds is 4. The van der Waals surface area contributed by atoms with Gasteiger partial charge in [-0.3, -0.25) is 9.59 Å². The Morgan fingerprint density at radius 3 is 2.65 bits per heavy atom. The van der Waals surface area contributed by atoms with Crippen LogP contribution in [-0.4, -0.2) is 63.4 Å². The van der Waals surface area contributed by atoms with Gasteiger partial charge in [0.25, 0.3) is 0 Å². The number of carbonyl (C=O) groups is 3. The van der Waals surface area contributed by atoms with Crippen LogP contribution in [0.2, 0.25) is 0 Å². The highest BCUT2D eigenvalue weighted by atomic mass is 19.1. The number of Topliss-reactive ketones (excluding diaryl/α,β-unsaturated/α-hetero) is 1. The van der Waals surface area contributed by atoms with Gasteiger partial charge in [-0.1, -0.05) is 18.6 Å². The van der Waals surface area contributed by atoms with Gasteiger partial charge in [-0.15, -0.1) is 0 Å². The summed E-state index contributed by atoms with van der Waals surface area (Å²) in [5.41, 5.74) is -5.12. The van der Waals surface area contributed by atoms with Crippen LogP contribution in [0.4, 0.5) is 4.39 Å². The number of ether oxygens (including phenoxy) is 1. The second-order valence-electron chi connectivity index (χ2n) is 9.90. The zero-order chi connectivity index (χ0) is 22.8. The van der Waals surface area contributed by atoms with E-state index in [1.165, 1.54) is 12.2 Å². The summed E-state index contributed by atoms with van der Waals surface area (Å²) in [7, 11) is 0. The Balaban J connectivity index is 1.67. The zero-order valence-corrected chi connectivity index (χ0v) is 17.8. The van der Waals surface area contributed by atoms with Crippen molar-refractivity contribution in [1.82, 2.24) is 0 Å². The van der Waals surface area contributed by atoms with Crippen molar-refractivity contribution in [3.8, 4) is 0 Å². The average molecular weight is 436 g/mol. The monoisotopic (exact) mass is 436 g/mol. The molecule has 0 heterocycles. The Labute approximate surface area is 180 Å². The minimum Gasteiger partial charge on any atom is -0.456 e. The largest absolute Gasteiger partial charge is 0.456 e. The van der Waals surface area contributed by atoms with E-state index >= 15 is 4.39 Å². The summed E-state index contributed by atoms with van der Waals surface area (Å²) in [6.45, 7) is 1.84. The van der Waals surface area contributed by atoms with Crippen LogP contribution in [-0.2, 0) is 19.1 Å². The van der Waals surface area contributed by atoms with Crippen LogP contribution < -0.4 is 0 Å². The summed E-state index contributed by atoms with van der Waals surface area (Å²) in [5, 5.41) is 31.0. The zero-order valence-electron chi connectivity index (χ0n) is 17.8. The maximum Gasteiger partial charge on any atom is 0.332 e. The number of fused-ring (bicyclic) bond motifs is 5. The van der Waals surface area contributed by atoms with E-state index in [4.69, 9.17) is 9.84 Å². The van der Waals surface area contributed by atoms with Gasteiger partial charge < -0.3 is 20.1 Å². The fourth-order valence-electron chi connectivity index (χ4n) is 6.92. The third-order valence-electron chi connectivity index (χ3n) is 8.80. The molecule has 0 spiro atoms. The number of hydrogen-bond donors (Lipinski definition) is 3. The summed E-state index contributed by atoms with van der Waals surface area (Å²) in [6.07, 6.45) is 4.42. The second-order valence-corrected chi connectivity index (χ2v) is 9.90. The molecule has 7 atom stereocenters. The Kier molecular flexibility index (Phi) is 5.07. The SMILES string of the molecule is C[C@]12C=CC(=O)C=C1CC[C@H]1[C@@H]3C[C@@H](O)[C@](O)(C(=O)COC(=O)CO)[C@@]3(C)CC[C@@]12F. The molecule has 0 radical (unpaired) electrons. The first-order valence-corrected chi connectivity index (χ1v) is 10.8. The second kappa shape index (κ2) is 7.05. The number of aliphatic hydroxyl groups is 3. The van der Waals surface area contributed by atoms with Gasteiger partial charge in [0, 0.05) is 10.8 Å². The van der Waals surface area contributed by atoms with Crippen LogP contribution in [0, 0.1) is 22.7 Å². The van der Waals surface area contributed by atoms with Crippen molar-refractivity contribution in [1.29, 1.82) is 0 Å². The van der Waals surface area contributed by atoms with Crippen molar-refractivity contribution < 1.29 is 38.8 Å². The number of alkyl halides is 1. The van der Waals surface area contributed by atoms with Gasteiger partial charge in [-0.05, 0) is 63.0 Å². The maximum absolute atomic E-state index is 16.8. The molecule has 0 bridgehead atoms. The predicted octanol–water partition coefficient (Wildman–Crippen LogP) is 1.19. The van der Waals surface area contributed by atoms with Gasteiger partial charge in [0.1, 0.15) is 12.3 Å². The molecule has 4 aliphatic rings. The molecule has 31 heavy (non-hydrogen) atoms. The van der Waals surface area contributed by atoms with Crippen LogP contribution in [0.1, 0.15) is 46.0 Å². The molecule has 3 saturated carbocycles. The molecule has 3 N–H and O–H groups in total. The van der Waals surface area contributed by atoms with Crippen molar-refractivity contribution in [3.63, 3.8) is 0 Å². The Hall–Kier alpha value is -1.90. The quantitative estimate of drug-likeness (QED) is 0.566. The molecule has 4 rings (SSSR count). The molecule has 3 fully saturated rings. The molecule has 0 amide bonds. The molecular weight excluding hydrogens is 407 g/mol. The molecule has 0 aliphatic heterocycles. The normalized spacial score (nSPS) is 45.9. The molecule has 0 aromatic heterocycles. The number of esters is 1. The third-order valence-corrected chi connectivity index (χ3v) is 8.80. The van der Waals surface area contributed by atoms with E-state index in [9.17, 15) is 24.6 Å². The number of carbonyl (C=O) groups excluding carboxylic acids is 3. The van der Waals surface area contributed by atoms with E-state index < -0.39 is 65.0 Å². The summed E-state index contributed by atoms with van der Waals surface area (Å²) in [6, 6.07) is 0. The fraction of sp³-hybridized carbons (Fsp3) is 0.696. The number of hydrogen-bond acceptors (Lipinski definition) is 7. The third kappa shape index (κ3) is 2.77. The predicted molar refractivity (Wildman–Crippen MR) is 106 cm³/mol. The molecule has 8 heteroatoms. The fourth-order valence-corrected chi connectivity index (χ4v) is 6.92. The summed E-state index contributed by atoms with van der Waals surface area (Å²) >= 11 is 0. The topological polar surface area (TPSA) is 121 Å². The highest BCUT2D eigenvalue weighted by Gasteiger charge is 2.73. The van der Waals surface area contributed by atoms with Crippen LogP contribution >= 0.6 is 0 Å². The Bertz CT molecular complexity index is 896. The lowest BCUT2D eigenvalue weighted by Gasteiger charge is -2.60. The van der Waals surface area contributed by atoms with Crippen LogP contribution in [0.15, 0.2) is 23.8 Å². The lowest BCUT2D eigenvalue weighted by atomic mass is 9.45. The van der Waals surface area contributed by atoms with Gasteiger partial charge in [-0.25, -0.2) is 9.18 Å². The van der Waals surface area contributed by atoms with E-state index in [1.54, 1.807) is 19.9 Å². The standard InChI is InChI=1S/C23H29FO7/c1-20-6-5-14(26)9-13(20)3-4-15-16-10-17(27)23(30,18(28)12-31-19(29)11-25)21(16,2)7-8-22(15,20)24/h5-6,9,15-17,25,27,30H,3-4,7-8,10-12H2,1-2H3/t15-,16-,17+,20-,21-,22+,23-/m0/s1. The highest BCUT2D eigenvalue weighted by Crippen LogP contribution is 2.69. The van der Waals surface area contributed by atoms with E-state index in [1.807, 2.05) is 0 Å². The first-order chi connectivity index (χ1) is 14.4. The summed E-state index contributed by atoms with van der Waals surface area (Å²) < 4.78 is 21.5. The minimum atomic E-state index is -2.18. The van der Waals surface area contributed by atoms with Crippen LogP contribution in [0.25, 0.3) is 0 Å². The number of halogens is 1. The van der Waals surface area contributed by atoms with E-state index in [2.05, 4.69) is 0 Å². The van der Waals surface area contributed by atoms with Crippen molar-refractivity contribution in [2.75, 3.05) is 13.2 Å². The van der Waals surface area contributed by atoms with E-state index in [-0.39, 0.29) is 25.0 Å². The van der Waals surface area contributed by atoms with Gasteiger partial charge >= 0.3 is 5.97 Å². The lowest BCUT2D eigenvalue weighted by molar-refractivity contribution is -0.191. The highest BCUT2D eigenvalue weighted by molar-refractivity contribution is 6.01. The molecule has 0 saturated heterocycles. The Morgan fingerprint density at radius 1 is 1.26 bits per heavy atom. The van der Waals surface area contributed by atoms with Gasteiger partial charge in [0.2, 0.25) is 5.78 Å². The first-order valence-electron chi connectivity index (χ1n) is 10.8. The minimum absolute atomic E-state index is 0.0563. The maximum atomic E-state index is 16.8. The van der Waals surface area contributed by atoms with E-state index in [0.717, 1.165) is 5.57 Å². The summed E-state index contributed by atoms with van der Waals surface area (Å²) in [5.74, 6) is -2.97. The van der Waals surface area contributed by atoms with Crippen molar-refractivity contribution in [3.05, 3.63) is 23.8 Å². The average Bonchev–Trinajstić information content (AvgIpc) is 2.94. The Morgan fingerprint density at radius 2 is 1.97 bits per heavy atom. The molecule has 0 unspecified atom stereocenters. The van der Waals surface area contributed by atoms with Gasteiger partial charge in [-0.2, -0.15) is 0 Å². The first kappa shape index (κ1) is 22.3. The molecular formula is C23H29FO7. The van der Waals surface area contributed by atoms with Crippen LogP contribution in [0.5, 0.6) is 0 Å². The lowest BCUT2D eigenvalue weighted by Crippen LogP contribution is -2.65. The molecule has 170 valence electrons. The number of allylic oxidation sites excluding steroid dienone is 4. The smallest absolute Gasteiger partial charge is 0.332 e. The van der Waals surface area contributed by atoms with Crippen molar-refractivity contribution >= 4 is 17.5 Å². The van der Waals surface area contributed by atoms with Crippen LogP contribution in [0.3, 0.4) is 0 Å². The molecule has 0 aromatic rings. The van der Waals surface area contributed by atoms with E-state index in [0.29, 0.717) is 12.8 Å². The summed E-state index contributed by atoms with van der Waals surface area (Å²) in [4.78, 5) is 36.0. The number of ketones is 2. The molecule has 4 aliphatic carbocycles.